The summed E-state index contributed by atoms with van der Waals surface area (Å²) in [6.07, 6.45) is 1.65. The Hall–Kier alpha value is -2.83. The Balaban J connectivity index is 1.55. The van der Waals surface area contributed by atoms with E-state index in [9.17, 15) is 9.18 Å². The van der Waals surface area contributed by atoms with Crippen LogP contribution >= 0.6 is 23.4 Å². The summed E-state index contributed by atoms with van der Waals surface area (Å²) in [7, 11) is 0. The van der Waals surface area contributed by atoms with Crippen molar-refractivity contribution < 1.29 is 13.6 Å². The lowest BCUT2D eigenvalue weighted by molar-refractivity contribution is -0.115. The molecule has 4 nitrogen and oxygen atoms in total. The Morgan fingerprint density at radius 3 is 2.63 bits per heavy atom. The highest BCUT2D eigenvalue weighted by Crippen LogP contribution is 2.32. The molecule has 134 valence electrons. The number of hydrogen-bond acceptors (Lipinski definition) is 4. The number of carbonyl (C=O) groups excluding carboxylic acids is 1. The first kappa shape index (κ1) is 17.6. The summed E-state index contributed by atoms with van der Waals surface area (Å²) >= 11 is 7.38. The second-order valence-electron chi connectivity index (χ2n) is 5.64. The molecule has 0 aliphatic carbocycles. The Morgan fingerprint density at radius 1 is 1.07 bits per heavy atom. The molecule has 0 spiro atoms. The molecule has 2 aromatic carbocycles. The SMILES string of the molecule is O=C1NC(=Nc2ccc(F)cc2)S/C1=C/c1ccc(-c2ccccc2Cl)o1. The van der Waals surface area contributed by atoms with Gasteiger partial charge in [-0.15, -0.1) is 0 Å². The molecule has 0 atom stereocenters. The smallest absolute Gasteiger partial charge is 0.264 e. The molecule has 7 heteroatoms. The predicted molar refractivity (Wildman–Crippen MR) is 106 cm³/mol. The molecule has 1 fully saturated rings. The number of amidine groups is 1. The summed E-state index contributed by atoms with van der Waals surface area (Å²) in [5, 5.41) is 3.70. The molecule has 1 aliphatic rings. The summed E-state index contributed by atoms with van der Waals surface area (Å²) in [6.45, 7) is 0. The maximum absolute atomic E-state index is 13.0. The quantitative estimate of drug-likeness (QED) is 0.581. The van der Waals surface area contributed by atoms with E-state index in [0.717, 1.165) is 5.56 Å². The van der Waals surface area contributed by atoms with Gasteiger partial charge in [0, 0.05) is 11.6 Å². The molecule has 27 heavy (non-hydrogen) atoms. The first-order valence-corrected chi connectivity index (χ1v) is 9.18. The molecular weight excluding hydrogens is 387 g/mol. The Kier molecular flexibility index (Phi) is 4.83. The highest BCUT2D eigenvalue weighted by atomic mass is 35.5. The van der Waals surface area contributed by atoms with Crippen molar-refractivity contribution in [3.8, 4) is 11.3 Å². The van der Waals surface area contributed by atoms with E-state index in [4.69, 9.17) is 16.0 Å². The highest BCUT2D eigenvalue weighted by Gasteiger charge is 2.24. The molecule has 1 aliphatic heterocycles. The molecule has 1 saturated heterocycles. The van der Waals surface area contributed by atoms with E-state index >= 15 is 0 Å². The van der Waals surface area contributed by atoms with Crippen molar-refractivity contribution >= 4 is 46.2 Å². The van der Waals surface area contributed by atoms with Crippen molar-refractivity contribution in [3.05, 3.63) is 82.2 Å². The molecule has 3 aromatic rings. The molecule has 1 aromatic heterocycles. The van der Waals surface area contributed by atoms with Gasteiger partial charge < -0.3 is 9.73 Å². The molecule has 0 bridgehead atoms. The van der Waals surface area contributed by atoms with Crippen molar-refractivity contribution in [1.29, 1.82) is 0 Å². The predicted octanol–water partition coefficient (Wildman–Crippen LogP) is 5.63. The molecular formula is C20H12ClFN2O2S. The second kappa shape index (κ2) is 7.42. The van der Waals surface area contributed by atoms with Crippen LogP contribution in [0.4, 0.5) is 10.1 Å². The van der Waals surface area contributed by atoms with Gasteiger partial charge in [0.25, 0.3) is 5.91 Å². The summed E-state index contributed by atoms with van der Waals surface area (Å²) in [5.74, 6) is 0.549. The normalized spacial score (nSPS) is 16.9. The van der Waals surface area contributed by atoms with Crippen LogP contribution in [0.1, 0.15) is 5.76 Å². The fourth-order valence-electron chi connectivity index (χ4n) is 2.48. The van der Waals surface area contributed by atoms with Crippen LogP contribution in [0.2, 0.25) is 5.02 Å². The standard InChI is InChI=1S/C20H12ClFN2O2S/c21-16-4-2-1-3-15(16)17-10-9-14(26-17)11-18-19(25)24-20(27-18)23-13-7-5-12(22)6-8-13/h1-11H,(H,23,24,25)/b18-11+. The summed E-state index contributed by atoms with van der Waals surface area (Å²) in [5.41, 5.74) is 1.34. The number of amides is 1. The van der Waals surface area contributed by atoms with E-state index in [1.807, 2.05) is 18.2 Å². The van der Waals surface area contributed by atoms with Gasteiger partial charge >= 0.3 is 0 Å². The number of thioether (sulfide) groups is 1. The largest absolute Gasteiger partial charge is 0.457 e. The van der Waals surface area contributed by atoms with Crippen LogP contribution in [0.3, 0.4) is 0 Å². The molecule has 1 N–H and O–H groups in total. The number of benzene rings is 2. The van der Waals surface area contributed by atoms with Crippen LogP contribution < -0.4 is 5.32 Å². The minimum atomic E-state index is -0.338. The van der Waals surface area contributed by atoms with Gasteiger partial charge in [-0.25, -0.2) is 9.38 Å². The van der Waals surface area contributed by atoms with Crippen molar-refractivity contribution in [2.45, 2.75) is 0 Å². The number of halogens is 2. The van der Waals surface area contributed by atoms with Gasteiger partial charge in [0.1, 0.15) is 17.3 Å². The molecule has 0 unspecified atom stereocenters. The van der Waals surface area contributed by atoms with Crippen LogP contribution in [0, 0.1) is 5.82 Å². The third-order valence-corrected chi connectivity index (χ3v) is 4.99. The van der Waals surface area contributed by atoms with Crippen LogP contribution in [0.15, 0.2) is 75.0 Å². The third-order valence-electron chi connectivity index (χ3n) is 3.75. The lowest BCUT2D eigenvalue weighted by atomic mass is 10.2. The number of aliphatic imine (C=N–C) groups is 1. The van der Waals surface area contributed by atoms with E-state index in [0.29, 0.717) is 32.3 Å². The number of carbonyl (C=O) groups is 1. The molecule has 0 radical (unpaired) electrons. The van der Waals surface area contributed by atoms with Crippen molar-refractivity contribution in [1.82, 2.24) is 5.32 Å². The fourth-order valence-corrected chi connectivity index (χ4v) is 3.53. The lowest BCUT2D eigenvalue weighted by Crippen LogP contribution is -2.19. The Morgan fingerprint density at radius 2 is 1.85 bits per heavy atom. The zero-order chi connectivity index (χ0) is 18.8. The second-order valence-corrected chi connectivity index (χ2v) is 7.08. The number of hydrogen-bond donors (Lipinski definition) is 1. The van der Waals surface area contributed by atoms with Crippen molar-refractivity contribution in [2.75, 3.05) is 0 Å². The van der Waals surface area contributed by atoms with Gasteiger partial charge in [-0.1, -0.05) is 23.7 Å². The average molecular weight is 399 g/mol. The first-order valence-electron chi connectivity index (χ1n) is 7.98. The van der Waals surface area contributed by atoms with Crippen LogP contribution in [0.25, 0.3) is 17.4 Å². The molecule has 2 heterocycles. The monoisotopic (exact) mass is 398 g/mol. The maximum atomic E-state index is 13.0. The first-order chi connectivity index (χ1) is 13.1. The third kappa shape index (κ3) is 3.97. The van der Waals surface area contributed by atoms with Gasteiger partial charge in [0.15, 0.2) is 5.17 Å². The number of furan rings is 1. The topological polar surface area (TPSA) is 54.6 Å². The molecule has 1 amide bonds. The number of nitrogens with zero attached hydrogens (tertiary/aromatic N) is 1. The van der Waals surface area contributed by atoms with Gasteiger partial charge in [-0.05, 0) is 60.3 Å². The van der Waals surface area contributed by atoms with E-state index in [2.05, 4.69) is 10.3 Å². The summed E-state index contributed by atoms with van der Waals surface area (Å²) in [4.78, 5) is 16.9. The van der Waals surface area contributed by atoms with Gasteiger partial charge in [0.2, 0.25) is 0 Å². The fraction of sp³-hybridized carbons (Fsp3) is 0. The minimum Gasteiger partial charge on any atom is -0.457 e. The van der Waals surface area contributed by atoms with Crippen LogP contribution in [-0.2, 0) is 4.79 Å². The van der Waals surface area contributed by atoms with E-state index in [1.54, 1.807) is 36.4 Å². The Bertz CT molecular complexity index is 1070. The van der Waals surface area contributed by atoms with E-state index < -0.39 is 0 Å². The van der Waals surface area contributed by atoms with Gasteiger partial charge in [-0.3, -0.25) is 4.79 Å². The summed E-state index contributed by atoms with van der Waals surface area (Å²) < 4.78 is 18.8. The lowest BCUT2D eigenvalue weighted by Gasteiger charge is -1.99. The van der Waals surface area contributed by atoms with Crippen LogP contribution in [0.5, 0.6) is 0 Å². The minimum absolute atomic E-state index is 0.267. The van der Waals surface area contributed by atoms with Gasteiger partial charge in [-0.2, -0.15) is 0 Å². The maximum Gasteiger partial charge on any atom is 0.264 e. The van der Waals surface area contributed by atoms with Crippen molar-refractivity contribution in [3.63, 3.8) is 0 Å². The van der Waals surface area contributed by atoms with Crippen LogP contribution in [-0.4, -0.2) is 11.1 Å². The number of nitrogens with one attached hydrogen (secondary N) is 1. The average Bonchev–Trinajstić information content (AvgIpc) is 3.25. The van der Waals surface area contributed by atoms with Gasteiger partial charge in [0.05, 0.1) is 15.6 Å². The van der Waals surface area contributed by atoms with E-state index in [-0.39, 0.29) is 11.7 Å². The van der Waals surface area contributed by atoms with Crippen molar-refractivity contribution in [2.24, 2.45) is 4.99 Å². The zero-order valence-corrected chi connectivity index (χ0v) is 15.4. The zero-order valence-electron chi connectivity index (χ0n) is 13.8. The van der Waals surface area contributed by atoms with E-state index in [1.165, 1.54) is 23.9 Å². The Labute approximate surface area is 163 Å². The number of rotatable bonds is 3. The molecule has 4 rings (SSSR count). The molecule has 0 saturated carbocycles. The highest BCUT2D eigenvalue weighted by molar-refractivity contribution is 8.18. The summed E-state index contributed by atoms with van der Waals surface area (Å²) in [6, 6.07) is 16.7.